The van der Waals surface area contributed by atoms with Crippen LogP contribution < -0.4 is 10.1 Å². The third kappa shape index (κ3) is 6.55. The molecule has 1 unspecified atom stereocenters. The Hall–Kier alpha value is -3.91. The quantitative estimate of drug-likeness (QED) is 0.391. The lowest BCUT2D eigenvalue weighted by Gasteiger charge is -2.31. The highest BCUT2D eigenvalue weighted by atomic mass is 16.5. The van der Waals surface area contributed by atoms with E-state index in [0.717, 1.165) is 12.8 Å². The van der Waals surface area contributed by atoms with Crippen molar-refractivity contribution in [2.24, 2.45) is 0 Å². The van der Waals surface area contributed by atoms with Crippen LogP contribution in [0, 0.1) is 12.3 Å². The van der Waals surface area contributed by atoms with Gasteiger partial charge in [-0.1, -0.05) is 41.9 Å². The number of terminal acetylenes is 1. The summed E-state index contributed by atoms with van der Waals surface area (Å²) in [6.45, 7) is 6.04. The van der Waals surface area contributed by atoms with Crippen LogP contribution in [-0.4, -0.2) is 75.1 Å². The number of para-hydroxylation sites is 1. The number of nitrogens with zero attached hydrogens (tertiary/aromatic N) is 5. The maximum absolute atomic E-state index is 13.5. The van der Waals surface area contributed by atoms with Crippen LogP contribution in [0.2, 0.25) is 0 Å². The number of tetrazole rings is 1. The molecule has 0 radical (unpaired) electrons. The van der Waals surface area contributed by atoms with E-state index in [1.807, 2.05) is 18.2 Å². The van der Waals surface area contributed by atoms with E-state index in [-0.39, 0.29) is 31.2 Å². The first-order chi connectivity index (χ1) is 16.5. The second-order valence-electron chi connectivity index (χ2n) is 7.62. The smallest absolute Gasteiger partial charge is 0.408 e. The fraction of sp³-hybridized carbons (Fsp3) is 0.435. The minimum atomic E-state index is -0.986. The first-order valence-corrected chi connectivity index (χ1v) is 10.9. The number of rotatable bonds is 11. The Labute approximate surface area is 198 Å². The minimum absolute atomic E-state index is 0.00255. The van der Waals surface area contributed by atoms with Crippen molar-refractivity contribution in [3.8, 4) is 24.1 Å². The molecule has 2 amide bonds. The van der Waals surface area contributed by atoms with Crippen LogP contribution in [0.5, 0.6) is 11.8 Å². The summed E-state index contributed by atoms with van der Waals surface area (Å²) in [6, 6.07) is 8.19. The molecule has 1 aromatic heterocycles. The van der Waals surface area contributed by atoms with E-state index >= 15 is 0 Å². The predicted octanol–water partition coefficient (Wildman–Crippen LogP) is 1.78. The second-order valence-corrected chi connectivity index (χ2v) is 7.62. The van der Waals surface area contributed by atoms with Crippen molar-refractivity contribution in [2.75, 3.05) is 19.8 Å². The molecule has 1 aliphatic heterocycles. The average molecular weight is 469 g/mol. The van der Waals surface area contributed by atoms with E-state index in [9.17, 15) is 9.59 Å². The number of carbonyl (C=O) groups excluding carboxylic acids is 2. The molecule has 0 bridgehead atoms. The Balaban J connectivity index is 1.72. The molecule has 1 N–H and O–H groups in total. The molecule has 0 spiro atoms. The molecule has 1 aromatic carbocycles. The largest absolute Gasteiger partial charge is 0.445 e. The van der Waals surface area contributed by atoms with Gasteiger partial charge in [-0.05, 0) is 42.3 Å². The van der Waals surface area contributed by atoms with Gasteiger partial charge in [0, 0.05) is 6.54 Å². The number of amides is 2. The summed E-state index contributed by atoms with van der Waals surface area (Å²) in [5, 5.41) is 14.3. The molecule has 11 heteroatoms. The summed E-state index contributed by atoms with van der Waals surface area (Å²) in [4.78, 5) is 27.4. The Morgan fingerprint density at radius 2 is 2.18 bits per heavy atom. The summed E-state index contributed by atoms with van der Waals surface area (Å²) >= 11 is 0. The number of ether oxygens (including phenoxy) is 3. The van der Waals surface area contributed by atoms with Crippen LogP contribution in [0.4, 0.5) is 4.79 Å². The van der Waals surface area contributed by atoms with Crippen molar-refractivity contribution in [2.45, 2.75) is 44.5 Å². The SMILES string of the molecule is C#CCOC(C)[C@H](NC(=O)OCC=C)C(=O)N1CCC[C@H]1Cn1nnnc1Oc1ccccc1. The summed E-state index contributed by atoms with van der Waals surface area (Å²) in [7, 11) is 0. The van der Waals surface area contributed by atoms with E-state index < -0.39 is 18.2 Å². The molecule has 1 saturated heterocycles. The molecule has 3 rings (SSSR count). The Morgan fingerprint density at radius 3 is 2.91 bits per heavy atom. The maximum Gasteiger partial charge on any atom is 0.408 e. The van der Waals surface area contributed by atoms with Crippen molar-refractivity contribution in [3.05, 3.63) is 43.0 Å². The highest BCUT2D eigenvalue weighted by Gasteiger charge is 2.38. The molecule has 1 aliphatic rings. The van der Waals surface area contributed by atoms with E-state index in [2.05, 4.69) is 33.3 Å². The number of hydrogen-bond acceptors (Lipinski definition) is 8. The fourth-order valence-electron chi connectivity index (χ4n) is 3.63. The third-order valence-electron chi connectivity index (χ3n) is 5.27. The van der Waals surface area contributed by atoms with Crippen molar-refractivity contribution in [1.29, 1.82) is 0 Å². The summed E-state index contributed by atoms with van der Waals surface area (Å²) in [5.41, 5.74) is 0. The lowest BCUT2D eigenvalue weighted by Crippen LogP contribution is -2.56. The van der Waals surface area contributed by atoms with Crippen molar-refractivity contribution >= 4 is 12.0 Å². The van der Waals surface area contributed by atoms with Crippen LogP contribution in [0.3, 0.4) is 0 Å². The van der Waals surface area contributed by atoms with Gasteiger partial charge < -0.3 is 24.4 Å². The molecular weight excluding hydrogens is 440 g/mol. The van der Waals surface area contributed by atoms with Gasteiger partial charge in [0.1, 0.15) is 25.0 Å². The Bertz CT molecular complexity index is 1000. The zero-order valence-electron chi connectivity index (χ0n) is 19.0. The van der Waals surface area contributed by atoms with Gasteiger partial charge >= 0.3 is 12.1 Å². The minimum Gasteiger partial charge on any atom is -0.445 e. The maximum atomic E-state index is 13.5. The second kappa shape index (κ2) is 12.4. The van der Waals surface area contributed by atoms with E-state index in [1.54, 1.807) is 24.0 Å². The van der Waals surface area contributed by atoms with Gasteiger partial charge in [-0.15, -0.1) is 6.42 Å². The first kappa shape index (κ1) is 24.7. The van der Waals surface area contributed by atoms with E-state index in [1.165, 1.54) is 10.8 Å². The normalized spacial score (nSPS) is 16.8. The summed E-state index contributed by atoms with van der Waals surface area (Å²) in [5.74, 6) is 2.66. The number of carbonyl (C=O) groups is 2. The van der Waals surface area contributed by atoms with Gasteiger partial charge in [-0.25, -0.2) is 4.79 Å². The predicted molar refractivity (Wildman–Crippen MR) is 122 cm³/mol. The third-order valence-corrected chi connectivity index (χ3v) is 5.27. The molecule has 0 aliphatic carbocycles. The van der Waals surface area contributed by atoms with Crippen LogP contribution >= 0.6 is 0 Å². The fourth-order valence-corrected chi connectivity index (χ4v) is 3.63. The first-order valence-electron chi connectivity index (χ1n) is 10.9. The molecule has 11 nitrogen and oxygen atoms in total. The van der Waals surface area contributed by atoms with Gasteiger partial charge in [0.2, 0.25) is 5.91 Å². The van der Waals surface area contributed by atoms with Crippen molar-refractivity contribution in [3.63, 3.8) is 0 Å². The van der Waals surface area contributed by atoms with Gasteiger partial charge in [0.05, 0.1) is 18.7 Å². The summed E-state index contributed by atoms with van der Waals surface area (Å²) < 4.78 is 17.8. The molecule has 2 heterocycles. The van der Waals surface area contributed by atoms with Crippen molar-refractivity contribution < 1.29 is 23.8 Å². The topological polar surface area (TPSA) is 121 Å². The number of alkyl carbamates (subject to hydrolysis) is 1. The number of benzene rings is 1. The zero-order chi connectivity index (χ0) is 24.3. The monoisotopic (exact) mass is 468 g/mol. The van der Waals surface area contributed by atoms with Crippen molar-refractivity contribution in [1.82, 2.24) is 30.4 Å². The van der Waals surface area contributed by atoms with Gasteiger partial charge in [0.25, 0.3) is 0 Å². The number of nitrogens with one attached hydrogen (secondary N) is 1. The molecule has 2 aromatic rings. The molecule has 34 heavy (non-hydrogen) atoms. The molecule has 3 atom stereocenters. The van der Waals surface area contributed by atoms with Crippen LogP contribution in [0.25, 0.3) is 0 Å². The van der Waals surface area contributed by atoms with Gasteiger partial charge in [-0.3, -0.25) is 4.79 Å². The zero-order valence-corrected chi connectivity index (χ0v) is 19.0. The molecule has 0 saturated carbocycles. The number of hydrogen-bond donors (Lipinski definition) is 1. The van der Waals surface area contributed by atoms with E-state index in [4.69, 9.17) is 20.6 Å². The number of aromatic nitrogens is 4. The Morgan fingerprint density at radius 1 is 1.38 bits per heavy atom. The average Bonchev–Trinajstić information content (AvgIpc) is 3.49. The lowest BCUT2D eigenvalue weighted by atomic mass is 10.1. The Kier molecular flexibility index (Phi) is 8.99. The molecular formula is C23H28N6O5. The van der Waals surface area contributed by atoms with Gasteiger partial charge in [-0.2, -0.15) is 4.68 Å². The molecule has 180 valence electrons. The highest BCUT2D eigenvalue weighted by Crippen LogP contribution is 2.24. The summed E-state index contributed by atoms with van der Waals surface area (Å²) in [6.07, 6.45) is 6.83. The standard InChI is InChI=1S/C23H28N6O5/c1-4-14-32-17(3)20(24-23(31)33-15-5-2)21(30)28-13-9-10-18(28)16-29-22(25-26-27-29)34-19-11-7-6-8-12-19/h1,5-8,11-12,17-18,20H,2,9-10,13-16H2,3H3,(H,24,31)/t17?,18-,20-/m0/s1. The van der Waals surface area contributed by atoms with E-state index in [0.29, 0.717) is 18.8 Å². The highest BCUT2D eigenvalue weighted by molar-refractivity contribution is 5.86. The van der Waals surface area contributed by atoms with Gasteiger partial charge in [0.15, 0.2) is 0 Å². The van der Waals surface area contributed by atoms with Crippen LogP contribution in [0.15, 0.2) is 43.0 Å². The molecule has 1 fully saturated rings. The van der Waals surface area contributed by atoms with Crippen LogP contribution in [-0.2, 0) is 20.8 Å². The van der Waals surface area contributed by atoms with Crippen LogP contribution in [0.1, 0.15) is 19.8 Å². The lowest BCUT2D eigenvalue weighted by molar-refractivity contribution is -0.138. The number of likely N-dealkylation sites (tertiary alicyclic amines) is 1.